The van der Waals surface area contributed by atoms with Gasteiger partial charge in [0, 0.05) is 18.1 Å². The van der Waals surface area contributed by atoms with Gasteiger partial charge in [-0.25, -0.2) is 4.39 Å². The molecule has 1 atom stereocenters. The van der Waals surface area contributed by atoms with Crippen LogP contribution >= 0.6 is 0 Å². The lowest BCUT2D eigenvalue weighted by molar-refractivity contribution is -0.138. The van der Waals surface area contributed by atoms with Gasteiger partial charge in [0.05, 0.1) is 6.42 Å². The summed E-state index contributed by atoms with van der Waals surface area (Å²) >= 11 is 0. The number of piperidine rings is 1. The smallest absolute Gasteiger partial charge is 0.227 e. The Morgan fingerprint density at radius 3 is 2.95 bits per heavy atom. The van der Waals surface area contributed by atoms with Crippen LogP contribution in [-0.4, -0.2) is 28.9 Å². The van der Waals surface area contributed by atoms with Crippen LogP contribution in [0.4, 0.5) is 4.39 Å². The number of nitrogens with two attached hydrogens (primary N) is 1. The summed E-state index contributed by atoms with van der Waals surface area (Å²) in [7, 11) is 0. The number of carbonyl (C=O) groups excluding carboxylic acids is 1. The lowest BCUT2D eigenvalue weighted by atomic mass is 9.88. The fourth-order valence-electron chi connectivity index (χ4n) is 2.60. The number of halogens is 1. The second-order valence-electron chi connectivity index (χ2n) is 5.92. The fourth-order valence-corrected chi connectivity index (χ4v) is 2.60. The maximum absolute atomic E-state index is 13.1. The van der Waals surface area contributed by atoms with E-state index in [4.69, 9.17) is 5.73 Å². The molecule has 1 heterocycles. The average molecular weight is 264 g/mol. The maximum Gasteiger partial charge on any atom is 0.227 e. The van der Waals surface area contributed by atoms with Crippen LogP contribution < -0.4 is 5.73 Å². The van der Waals surface area contributed by atoms with Gasteiger partial charge in [0.25, 0.3) is 0 Å². The molecule has 3 nitrogen and oxygen atoms in total. The van der Waals surface area contributed by atoms with Crippen LogP contribution in [0.1, 0.15) is 32.3 Å². The zero-order valence-electron chi connectivity index (χ0n) is 11.5. The lowest BCUT2D eigenvalue weighted by Crippen LogP contribution is -2.57. The van der Waals surface area contributed by atoms with Gasteiger partial charge in [-0.15, -0.1) is 0 Å². The molecule has 104 valence electrons. The molecule has 1 aliphatic rings. The van der Waals surface area contributed by atoms with Gasteiger partial charge in [-0.1, -0.05) is 12.1 Å². The average Bonchev–Trinajstić information content (AvgIpc) is 2.32. The van der Waals surface area contributed by atoms with Crippen LogP contribution in [0.2, 0.25) is 0 Å². The number of benzene rings is 1. The number of hydrogen-bond acceptors (Lipinski definition) is 2. The van der Waals surface area contributed by atoms with Crippen LogP contribution in [0, 0.1) is 5.82 Å². The second-order valence-corrected chi connectivity index (χ2v) is 5.92. The zero-order valence-corrected chi connectivity index (χ0v) is 11.5. The molecule has 2 N–H and O–H groups in total. The quantitative estimate of drug-likeness (QED) is 0.889. The van der Waals surface area contributed by atoms with Crippen LogP contribution in [0.15, 0.2) is 24.3 Å². The maximum atomic E-state index is 13.1. The van der Waals surface area contributed by atoms with Gasteiger partial charge in [-0.05, 0) is 44.4 Å². The molecule has 19 heavy (non-hydrogen) atoms. The van der Waals surface area contributed by atoms with Crippen molar-refractivity contribution in [2.45, 2.75) is 44.7 Å². The Kier molecular flexibility index (Phi) is 3.90. The number of nitrogens with zero attached hydrogens (tertiary/aromatic N) is 1. The first kappa shape index (κ1) is 14.0. The summed E-state index contributed by atoms with van der Waals surface area (Å²) in [5.74, 6) is -0.286. The van der Waals surface area contributed by atoms with Gasteiger partial charge in [0.15, 0.2) is 0 Å². The summed E-state index contributed by atoms with van der Waals surface area (Å²) in [5.41, 5.74) is 6.49. The molecule has 0 aromatic heterocycles. The van der Waals surface area contributed by atoms with Crippen molar-refractivity contribution < 1.29 is 9.18 Å². The standard InChI is InChI=1S/C15H21FN2O/c1-15(2)7-6-13(17)10-18(15)14(19)9-11-4-3-5-12(16)8-11/h3-5,8,13H,6-7,9-10,17H2,1-2H3. The Morgan fingerprint density at radius 2 is 2.26 bits per heavy atom. The molecule has 1 aliphatic heterocycles. The van der Waals surface area contributed by atoms with Crippen molar-refractivity contribution in [3.63, 3.8) is 0 Å². The van der Waals surface area contributed by atoms with E-state index < -0.39 is 0 Å². The highest BCUT2D eigenvalue weighted by Gasteiger charge is 2.35. The minimum atomic E-state index is -0.306. The Hall–Kier alpha value is -1.42. The lowest BCUT2D eigenvalue weighted by Gasteiger charge is -2.45. The molecule has 1 aromatic carbocycles. The number of amides is 1. The van der Waals surface area contributed by atoms with Crippen LogP contribution in [0.3, 0.4) is 0 Å². The largest absolute Gasteiger partial charge is 0.336 e. The van der Waals surface area contributed by atoms with E-state index in [1.54, 1.807) is 12.1 Å². The van der Waals surface area contributed by atoms with Crippen LogP contribution in [-0.2, 0) is 11.2 Å². The monoisotopic (exact) mass is 264 g/mol. The van der Waals surface area contributed by atoms with Crippen LogP contribution in [0.25, 0.3) is 0 Å². The van der Waals surface area contributed by atoms with Gasteiger partial charge in [0.2, 0.25) is 5.91 Å². The van der Waals surface area contributed by atoms with Crippen molar-refractivity contribution in [2.75, 3.05) is 6.54 Å². The Bertz CT molecular complexity index is 473. The summed E-state index contributed by atoms with van der Waals surface area (Å²) in [5, 5.41) is 0. The molecule has 4 heteroatoms. The minimum Gasteiger partial charge on any atom is -0.336 e. The third kappa shape index (κ3) is 3.32. The Morgan fingerprint density at radius 1 is 1.53 bits per heavy atom. The highest BCUT2D eigenvalue weighted by Crippen LogP contribution is 2.27. The highest BCUT2D eigenvalue weighted by molar-refractivity contribution is 5.79. The summed E-state index contributed by atoms with van der Waals surface area (Å²) in [6.45, 7) is 4.70. The van der Waals surface area contributed by atoms with Crippen LogP contribution in [0.5, 0.6) is 0 Å². The van der Waals surface area contributed by atoms with E-state index in [0.29, 0.717) is 12.1 Å². The number of likely N-dealkylation sites (tertiary alicyclic amines) is 1. The molecule has 2 rings (SSSR count). The molecule has 1 amide bonds. The molecule has 0 aliphatic carbocycles. The predicted octanol–water partition coefficient (Wildman–Crippen LogP) is 2.10. The normalized spacial score (nSPS) is 22.3. The van der Waals surface area contributed by atoms with Gasteiger partial charge in [-0.2, -0.15) is 0 Å². The van der Waals surface area contributed by atoms with E-state index in [2.05, 4.69) is 13.8 Å². The molecule has 1 fully saturated rings. The Labute approximate surface area is 113 Å². The highest BCUT2D eigenvalue weighted by atomic mass is 19.1. The van der Waals surface area contributed by atoms with Gasteiger partial charge in [-0.3, -0.25) is 4.79 Å². The van der Waals surface area contributed by atoms with Crippen molar-refractivity contribution in [3.05, 3.63) is 35.6 Å². The number of carbonyl (C=O) groups is 1. The zero-order chi connectivity index (χ0) is 14.0. The van der Waals surface area contributed by atoms with E-state index in [1.807, 2.05) is 4.90 Å². The van der Waals surface area contributed by atoms with Gasteiger partial charge in [0.1, 0.15) is 5.82 Å². The topological polar surface area (TPSA) is 46.3 Å². The first-order valence-corrected chi connectivity index (χ1v) is 6.69. The summed E-state index contributed by atoms with van der Waals surface area (Å²) < 4.78 is 13.1. The molecule has 1 unspecified atom stereocenters. The van der Waals surface area contributed by atoms with Crippen molar-refractivity contribution in [3.8, 4) is 0 Å². The number of rotatable bonds is 2. The molecule has 1 saturated heterocycles. The predicted molar refractivity (Wildman–Crippen MR) is 73.1 cm³/mol. The molecular formula is C15H21FN2O. The third-order valence-electron chi connectivity index (χ3n) is 3.82. The van der Waals surface area contributed by atoms with Crippen molar-refractivity contribution in [1.82, 2.24) is 4.90 Å². The van der Waals surface area contributed by atoms with E-state index in [0.717, 1.165) is 12.8 Å². The fraction of sp³-hybridized carbons (Fsp3) is 0.533. The number of hydrogen-bond donors (Lipinski definition) is 1. The van der Waals surface area contributed by atoms with E-state index in [1.165, 1.54) is 12.1 Å². The first-order valence-electron chi connectivity index (χ1n) is 6.69. The molecule has 0 saturated carbocycles. The van der Waals surface area contributed by atoms with E-state index in [-0.39, 0.29) is 29.7 Å². The molecule has 0 bridgehead atoms. The van der Waals surface area contributed by atoms with Crippen molar-refractivity contribution in [2.24, 2.45) is 5.73 Å². The third-order valence-corrected chi connectivity index (χ3v) is 3.82. The van der Waals surface area contributed by atoms with Crippen molar-refractivity contribution in [1.29, 1.82) is 0 Å². The van der Waals surface area contributed by atoms with Crippen molar-refractivity contribution >= 4 is 5.91 Å². The van der Waals surface area contributed by atoms with Gasteiger partial charge >= 0.3 is 0 Å². The summed E-state index contributed by atoms with van der Waals surface area (Å²) in [6.07, 6.45) is 2.08. The summed E-state index contributed by atoms with van der Waals surface area (Å²) in [4.78, 5) is 14.2. The van der Waals surface area contributed by atoms with E-state index in [9.17, 15) is 9.18 Å². The second kappa shape index (κ2) is 5.29. The Balaban J connectivity index is 2.10. The minimum absolute atomic E-state index is 0.0192. The van der Waals surface area contributed by atoms with E-state index >= 15 is 0 Å². The molecule has 0 spiro atoms. The SMILES string of the molecule is CC1(C)CCC(N)CN1C(=O)Cc1cccc(F)c1. The molecular weight excluding hydrogens is 243 g/mol. The molecule has 0 radical (unpaired) electrons. The first-order chi connectivity index (χ1) is 8.88. The molecule has 1 aromatic rings. The van der Waals surface area contributed by atoms with Gasteiger partial charge < -0.3 is 10.6 Å². The summed E-state index contributed by atoms with van der Waals surface area (Å²) in [6, 6.07) is 6.25.